The summed E-state index contributed by atoms with van der Waals surface area (Å²) in [6.45, 7) is 2.85. The van der Waals surface area contributed by atoms with Gasteiger partial charge in [-0.1, -0.05) is 64.2 Å². The maximum Gasteiger partial charge on any atom is 0.326 e. The average Bonchev–Trinajstić information content (AvgIpc) is 2.71. The topological polar surface area (TPSA) is 138 Å². The molecule has 0 heterocycles. The molecule has 0 aromatic heterocycles. The van der Waals surface area contributed by atoms with Crippen LogP contribution in [0.4, 0.5) is 0 Å². The molecule has 1 amide bonds. The first-order valence-corrected chi connectivity index (χ1v) is 11.9. The lowest BCUT2D eigenvalue weighted by atomic mass is 10.0. The molecule has 32 heavy (non-hydrogen) atoms. The number of unbranched alkanes of at least 4 members (excludes halogenated alkanes) is 11. The zero-order valence-electron chi connectivity index (χ0n) is 19.9. The maximum atomic E-state index is 11.8. The van der Waals surface area contributed by atoms with Gasteiger partial charge in [-0.15, -0.1) is 0 Å². The van der Waals surface area contributed by atoms with Crippen molar-refractivity contribution in [3.8, 4) is 0 Å². The van der Waals surface area contributed by atoms with Crippen molar-refractivity contribution in [2.24, 2.45) is 0 Å². The van der Waals surface area contributed by atoms with E-state index >= 15 is 0 Å². The molecule has 3 N–H and O–H groups in total. The Morgan fingerprint density at radius 1 is 0.719 bits per heavy atom. The van der Waals surface area contributed by atoms with Gasteiger partial charge in [0.05, 0.1) is 0 Å². The van der Waals surface area contributed by atoms with Gasteiger partial charge < -0.3 is 25.1 Å². The highest BCUT2D eigenvalue weighted by atomic mass is 16.4. The number of Topliss-reactive ketones (excluding diaryl/α,β-unsaturated/α-hetero) is 1. The van der Waals surface area contributed by atoms with Crippen molar-refractivity contribution < 1.29 is 34.2 Å². The SMILES string of the molecule is CC(=O)CC[C@H](NC(=O)CCCCCCCCCCCCCCC(=O)O)C(=O)O.CC=O. The predicted molar refractivity (Wildman–Crippen MR) is 123 cm³/mol. The Labute approximate surface area is 192 Å². The predicted octanol–water partition coefficient (Wildman–Crippen LogP) is 4.68. The first-order valence-electron chi connectivity index (χ1n) is 11.9. The summed E-state index contributed by atoms with van der Waals surface area (Å²) in [5, 5.41) is 20.1. The highest BCUT2D eigenvalue weighted by molar-refractivity contribution is 5.84. The van der Waals surface area contributed by atoms with Gasteiger partial charge in [0.15, 0.2) is 0 Å². The van der Waals surface area contributed by atoms with Crippen molar-refractivity contribution in [3.05, 3.63) is 0 Å². The number of carboxylic acids is 2. The van der Waals surface area contributed by atoms with E-state index in [0.29, 0.717) is 6.42 Å². The Morgan fingerprint density at radius 2 is 1.09 bits per heavy atom. The lowest BCUT2D eigenvalue weighted by molar-refractivity contribution is -0.142. The number of carboxylic acid groups (broad SMARTS) is 2. The van der Waals surface area contributed by atoms with Crippen LogP contribution in [0.5, 0.6) is 0 Å². The molecule has 0 aliphatic rings. The highest BCUT2D eigenvalue weighted by Crippen LogP contribution is 2.13. The summed E-state index contributed by atoms with van der Waals surface area (Å²) >= 11 is 0. The van der Waals surface area contributed by atoms with E-state index in [9.17, 15) is 19.2 Å². The first-order chi connectivity index (χ1) is 15.2. The van der Waals surface area contributed by atoms with Crippen LogP contribution in [0.3, 0.4) is 0 Å². The number of aliphatic carboxylic acids is 2. The van der Waals surface area contributed by atoms with Crippen molar-refractivity contribution >= 4 is 29.9 Å². The smallest absolute Gasteiger partial charge is 0.326 e. The standard InChI is InChI=1S/C22H39NO6.C2H4O/c1-18(24)16-17-19(22(28)29)23-20(25)14-12-10-8-6-4-2-3-5-7-9-11-13-15-21(26)27;1-2-3/h19H,2-17H2,1H3,(H,23,25)(H,26,27)(H,28,29);2H,1H3/t19-;/m0./s1. The van der Waals surface area contributed by atoms with Crippen LogP contribution in [0.25, 0.3) is 0 Å². The number of carbonyl (C=O) groups excluding carboxylic acids is 3. The van der Waals surface area contributed by atoms with Crippen LogP contribution in [0.2, 0.25) is 0 Å². The lowest BCUT2D eigenvalue weighted by Gasteiger charge is -2.13. The molecule has 8 heteroatoms. The van der Waals surface area contributed by atoms with Gasteiger partial charge in [-0.25, -0.2) is 4.79 Å². The van der Waals surface area contributed by atoms with E-state index in [1.165, 1.54) is 46.0 Å². The second-order valence-electron chi connectivity index (χ2n) is 8.07. The van der Waals surface area contributed by atoms with Crippen molar-refractivity contribution in [1.82, 2.24) is 5.32 Å². The summed E-state index contributed by atoms with van der Waals surface area (Å²) in [4.78, 5) is 53.1. The van der Waals surface area contributed by atoms with Crippen LogP contribution in [0.1, 0.15) is 117 Å². The molecule has 0 bridgehead atoms. The van der Waals surface area contributed by atoms with Crippen molar-refractivity contribution in [1.29, 1.82) is 0 Å². The number of nitrogens with one attached hydrogen (secondary N) is 1. The number of rotatable bonds is 20. The first kappa shape index (κ1) is 31.9. The molecule has 0 aromatic carbocycles. The summed E-state index contributed by atoms with van der Waals surface area (Å²) in [5.74, 6) is -2.15. The van der Waals surface area contributed by atoms with Crippen LogP contribution >= 0.6 is 0 Å². The number of ketones is 1. The Kier molecular flexibility index (Phi) is 23.4. The summed E-state index contributed by atoms with van der Waals surface area (Å²) < 4.78 is 0. The number of carbonyl (C=O) groups is 5. The molecular formula is C24H43NO7. The maximum absolute atomic E-state index is 11.8. The Bertz CT molecular complexity index is 534. The highest BCUT2D eigenvalue weighted by Gasteiger charge is 2.19. The van der Waals surface area contributed by atoms with Crippen LogP contribution < -0.4 is 5.32 Å². The molecule has 0 spiro atoms. The van der Waals surface area contributed by atoms with Crippen LogP contribution in [0, 0.1) is 0 Å². The molecular weight excluding hydrogens is 414 g/mol. The minimum Gasteiger partial charge on any atom is -0.481 e. The van der Waals surface area contributed by atoms with Gasteiger partial charge >= 0.3 is 11.9 Å². The monoisotopic (exact) mass is 457 g/mol. The van der Waals surface area contributed by atoms with E-state index in [-0.39, 0.29) is 31.0 Å². The quantitative estimate of drug-likeness (QED) is 0.178. The zero-order valence-corrected chi connectivity index (χ0v) is 19.9. The van der Waals surface area contributed by atoms with Crippen LogP contribution in [0.15, 0.2) is 0 Å². The Hall–Kier alpha value is -2.25. The molecule has 0 radical (unpaired) electrons. The van der Waals surface area contributed by atoms with Gasteiger partial charge in [0.1, 0.15) is 18.1 Å². The number of hydrogen-bond acceptors (Lipinski definition) is 5. The molecule has 0 aliphatic carbocycles. The van der Waals surface area contributed by atoms with Crippen molar-refractivity contribution in [3.63, 3.8) is 0 Å². The zero-order chi connectivity index (χ0) is 24.6. The van der Waals surface area contributed by atoms with E-state index in [1.54, 1.807) is 0 Å². The van der Waals surface area contributed by atoms with Gasteiger partial charge in [-0.05, 0) is 33.1 Å². The summed E-state index contributed by atoms with van der Waals surface area (Å²) in [5.41, 5.74) is 0. The third-order valence-electron chi connectivity index (χ3n) is 4.96. The molecule has 0 saturated carbocycles. The second-order valence-corrected chi connectivity index (χ2v) is 8.07. The van der Waals surface area contributed by atoms with Crippen molar-refractivity contribution in [2.45, 2.75) is 123 Å². The van der Waals surface area contributed by atoms with Gasteiger partial charge in [0, 0.05) is 19.3 Å². The summed E-state index contributed by atoms with van der Waals surface area (Å²) in [6.07, 6.45) is 14.5. The Balaban J connectivity index is 0. The van der Waals surface area contributed by atoms with Crippen molar-refractivity contribution in [2.75, 3.05) is 0 Å². The van der Waals surface area contributed by atoms with Gasteiger partial charge in [-0.3, -0.25) is 9.59 Å². The molecule has 0 rings (SSSR count). The summed E-state index contributed by atoms with van der Waals surface area (Å²) in [7, 11) is 0. The van der Waals surface area contributed by atoms with E-state index in [2.05, 4.69) is 5.32 Å². The van der Waals surface area contributed by atoms with E-state index < -0.39 is 18.0 Å². The molecule has 0 saturated heterocycles. The van der Waals surface area contributed by atoms with Crippen LogP contribution in [-0.4, -0.2) is 46.2 Å². The summed E-state index contributed by atoms with van der Waals surface area (Å²) in [6, 6.07) is -0.983. The van der Waals surface area contributed by atoms with Gasteiger partial charge in [0.2, 0.25) is 5.91 Å². The average molecular weight is 458 g/mol. The fraction of sp³-hybridized carbons (Fsp3) is 0.792. The molecule has 0 aromatic rings. The normalized spacial score (nSPS) is 11.1. The third kappa shape index (κ3) is 25.8. The largest absolute Gasteiger partial charge is 0.481 e. The third-order valence-corrected chi connectivity index (χ3v) is 4.96. The van der Waals surface area contributed by atoms with Gasteiger partial charge in [-0.2, -0.15) is 0 Å². The molecule has 186 valence electrons. The van der Waals surface area contributed by atoms with Crippen LogP contribution in [-0.2, 0) is 24.0 Å². The molecule has 1 atom stereocenters. The molecule has 0 unspecified atom stereocenters. The molecule has 0 aliphatic heterocycles. The van der Waals surface area contributed by atoms with E-state index in [0.717, 1.165) is 51.2 Å². The second kappa shape index (κ2) is 23.4. The number of amides is 1. The lowest BCUT2D eigenvalue weighted by Crippen LogP contribution is -2.40. The minimum atomic E-state index is -1.10. The number of aldehydes is 1. The molecule has 8 nitrogen and oxygen atoms in total. The minimum absolute atomic E-state index is 0.0822. The molecule has 0 fully saturated rings. The Morgan fingerprint density at radius 3 is 1.44 bits per heavy atom. The van der Waals surface area contributed by atoms with E-state index in [1.807, 2.05) is 0 Å². The fourth-order valence-electron chi connectivity index (χ4n) is 3.20. The fourth-order valence-corrected chi connectivity index (χ4v) is 3.20. The van der Waals surface area contributed by atoms with Gasteiger partial charge in [0.25, 0.3) is 0 Å². The van der Waals surface area contributed by atoms with E-state index in [4.69, 9.17) is 15.0 Å². The number of hydrogen-bond donors (Lipinski definition) is 3.